The second-order valence-corrected chi connectivity index (χ2v) is 5.68. The van der Waals surface area contributed by atoms with E-state index in [9.17, 15) is 4.79 Å². The van der Waals surface area contributed by atoms with Crippen LogP contribution in [0, 0.1) is 6.92 Å². The maximum atomic E-state index is 11.9. The zero-order valence-electron chi connectivity index (χ0n) is 13.4. The average molecular weight is 297 g/mol. The molecule has 0 atom stereocenters. The highest BCUT2D eigenvalue weighted by Crippen LogP contribution is 2.25. The van der Waals surface area contributed by atoms with E-state index in [0.717, 1.165) is 16.9 Å². The summed E-state index contributed by atoms with van der Waals surface area (Å²) in [6, 6.07) is 15.9. The van der Waals surface area contributed by atoms with E-state index in [1.165, 1.54) is 5.56 Å². The minimum Gasteiger partial charge on any atom is -0.483 e. The molecule has 0 aromatic heterocycles. The summed E-state index contributed by atoms with van der Waals surface area (Å²) < 4.78 is 5.67. The number of rotatable bonds is 6. The normalized spacial score (nSPS) is 10.5. The molecule has 0 heterocycles. The summed E-state index contributed by atoms with van der Waals surface area (Å²) in [6.07, 6.45) is 0. The summed E-state index contributed by atoms with van der Waals surface area (Å²) in [6.45, 7) is 6.83. The molecule has 22 heavy (non-hydrogen) atoms. The van der Waals surface area contributed by atoms with E-state index in [1.54, 1.807) is 0 Å². The molecule has 0 aliphatic rings. The second kappa shape index (κ2) is 7.64. The van der Waals surface area contributed by atoms with Crippen molar-refractivity contribution < 1.29 is 9.53 Å². The van der Waals surface area contributed by atoms with E-state index in [4.69, 9.17) is 4.74 Å². The fourth-order valence-electron chi connectivity index (χ4n) is 2.29. The van der Waals surface area contributed by atoms with E-state index in [2.05, 4.69) is 19.2 Å². The molecule has 0 fully saturated rings. The molecule has 0 unspecified atom stereocenters. The van der Waals surface area contributed by atoms with Crippen molar-refractivity contribution in [3.8, 4) is 5.75 Å². The Hall–Kier alpha value is -2.29. The molecule has 3 nitrogen and oxygen atoms in total. The summed E-state index contributed by atoms with van der Waals surface area (Å²) >= 11 is 0. The number of carbonyl (C=O) groups excluding carboxylic acids is 1. The van der Waals surface area contributed by atoms with Crippen LogP contribution in [-0.4, -0.2) is 12.5 Å². The summed E-state index contributed by atoms with van der Waals surface area (Å²) in [5.74, 6) is 1.04. The van der Waals surface area contributed by atoms with E-state index in [1.807, 2.05) is 55.5 Å². The van der Waals surface area contributed by atoms with Gasteiger partial charge in [0, 0.05) is 6.54 Å². The fraction of sp³-hybridized carbons (Fsp3) is 0.316. The third-order valence-corrected chi connectivity index (χ3v) is 3.64. The van der Waals surface area contributed by atoms with Crippen molar-refractivity contribution in [3.63, 3.8) is 0 Å². The van der Waals surface area contributed by atoms with Gasteiger partial charge in [0.2, 0.25) is 0 Å². The number of para-hydroxylation sites is 1. The number of aryl methyl sites for hydroxylation is 1. The van der Waals surface area contributed by atoms with Crippen LogP contribution in [0.4, 0.5) is 0 Å². The number of amides is 1. The first-order valence-corrected chi connectivity index (χ1v) is 7.61. The molecule has 0 bridgehead atoms. The number of nitrogens with one attached hydrogen (secondary N) is 1. The lowest BCUT2D eigenvalue weighted by Crippen LogP contribution is -2.28. The lowest BCUT2D eigenvalue weighted by atomic mass is 10.0. The minimum absolute atomic E-state index is 0.0373. The maximum Gasteiger partial charge on any atom is 0.258 e. The van der Waals surface area contributed by atoms with Crippen molar-refractivity contribution in [1.29, 1.82) is 0 Å². The zero-order valence-corrected chi connectivity index (χ0v) is 13.4. The topological polar surface area (TPSA) is 38.3 Å². The molecule has 2 rings (SSSR count). The van der Waals surface area contributed by atoms with Gasteiger partial charge in [0.05, 0.1) is 0 Å². The van der Waals surface area contributed by atoms with Gasteiger partial charge < -0.3 is 10.1 Å². The Kier molecular flexibility index (Phi) is 5.59. The van der Waals surface area contributed by atoms with Crippen LogP contribution in [0.1, 0.15) is 36.5 Å². The van der Waals surface area contributed by atoms with Crippen molar-refractivity contribution in [1.82, 2.24) is 5.32 Å². The monoisotopic (exact) mass is 297 g/mol. The molecule has 0 aliphatic heterocycles. The largest absolute Gasteiger partial charge is 0.483 e. The Morgan fingerprint density at radius 2 is 1.77 bits per heavy atom. The van der Waals surface area contributed by atoms with Gasteiger partial charge in [-0.15, -0.1) is 0 Å². The van der Waals surface area contributed by atoms with Crippen molar-refractivity contribution in [2.24, 2.45) is 0 Å². The Bertz CT molecular complexity index is 635. The summed E-state index contributed by atoms with van der Waals surface area (Å²) in [5, 5.41) is 2.89. The molecule has 2 aromatic carbocycles. The smallest absolute Gasteiger partial charge is 0.258 e. The first kappa shape index (κ1) is 16.1. The van der Waals surface area contributed by atoms with Crippen molar-refractivity contribution >= 4 is 5.91 Å². The highest BCUT2D eigenvalue weighted by atomic mass is 16.5. The maximum absolute atomic E-state index is 11.9. The van der Waals surface area contributed by atoms with Gasteiger partial charge in [0.1, 0.15) is 5.75 Å². The first-order chi connectivity index (χ1) is 10.6. The molecule has 0 radical (unpaired) electrons. The first-order valence-electron chi connectivity index (χ1n) is 7.61. The zero-order chi connectivity index (χ0) is 15.9. The summed E-state index contributed by atoms with van der Waals surface area (Å²) in [7, 11) is 0. The lowest BCUT2D eigenvalue weighted by molar-refractivity contribution is -0.123. The van der Waals surface area contributed by atoms with Crippen LogP contribution in [-0.2, 0) is 11.3 Å². The quantitative estimate of drug-likeness (QED) is 0.880. The Morgan fingerprint density at radius 1 is 1.09 bits per heavy atom. The third-order valence-electron chi connectivity index (χ3n) is 3.64. The fourth-order valence-corrected chi connectivity index (χ4v) is 2.29. The Labute approximate surface area is 132 Å². The molecule has 0 saturated heterocycles. The Balaban J connectivity index is 1.87. The van der Waals surface area contributed by atoms with Gasteiger partial charge in [-0.3, -0.25) is 4.79 Å². The van der Waals surface area contributed by atoms with E-state index < -0.39 is 0 Å². The molecule has 0 spiro atoms. The van der Waals surface area contributed by atoms with Gasteiger partial charge >= 0.3 is 0 Å². The van der Waals surface area contributed by atoms with Gasteiger partial charge in [0.25, 0.3) is 5.91 Å². The van der Waals surface area contributed by atoms with Gasteiger partial charge in [-0.25, -0.2) is 0 Å². The molecule has 1 amide bonds. The number of hydrogen-bond donors (Lipinski definition) is 1. The Morgan fingerprint density at radius 3 is 2.50 bits per heavy atom. The van der Waals surface area contributed by atoms with Crippen LogP contribution in [0.15, 0.2) is 48.5 Å². The molecule has 1 N–H and O–H groups in total. The van der Waals surface area contributed by atoms with Gasteiger partial charge in [-0.2, -0.15) is 0 Å². The number of benzene rings is 2. The minimum atomic E-state index is -0.109. The second-order valence-electron chi connectivity index (χ2n) is 5.68. The number of carbonyl (C=O) groups is 1. The number of ether oxygens (including phenoxy) is 1. The summed E-state index contributed by atoms with van der Waals surface area (Å²) in [5.41, 5.74) is 3.42. The van der Waals surface area contributed by atoms with E-state index in [-0.39, 0.29) is 12.5 Å². The van der Waals surface area contributed by atoms with E-state index >= 15 is 0 Å². The SMILES string of the molecule is Cc1ccccc1CNC(=O)COc1ccccc1C(C)C. The van der Waals surface area contributed by atoms with Crippen LogP contribution in [0.2, 0.25) is 0 Å². The van der Waals surface area contributed by atoms with Crippen LogP contribution in [0.25, 0.3) is 0 Å². The highest BCUT2D eigenvalue weighted by Gasteiger charge is 2.09. The van der Waals surface area contributed by atoms with Gasteiger partial charge in [-0.1, -0.05) is 56.3 Å². The summed E-state index contributed by atoms with van der Waals surface area (Å²) in [4.78, 5) is 11.9. The molecule has 0 aliphatic carbocycles. The third kappa shape index (κ3) is 4.35. The van der Waals surface area contributed by atoms with Crippen molar-refractivity contribution in [2.45, 2.75) is 33.2 Å². The predicted molar refractivity (Wildman–Crippen MR) is 89.1 cm³/mol. The average Bonchev–Trinajstić information content (AvgIpc) is 2.52. The molecule has 116 valence electrons. The van der Waals surface area contributed by atoms with Crippen molar-refractivity contribution in [3.05, 3.63) is 65.2 Å². The molecule has 2 aromatic rings. The molecule has 3 heteroatoms. The standard InChI is InChI=1S/C19H23NO2/c1-14(2)17-10-6-7-11-18(17)22-13-19(21)20-12-16-9-5-4-8-15(16)3/h4-11,14H,12-13H2,1-3H3,(H,20,21). The van der Waals surface area contributed by atoms with E-state index in [0.29, 0.717) is 12.5 Å². The lowest BCUT2D eigenvalue weighted by Gasteiger charge is -2.14. The predicted octanol–water partition coefficient (Wildman–Crippen LogP) is 3.81. The van der Waals surface area contributed by atoms with Crippen LogP contribution >= 0.6 is 0 Å². The van der Waals surface area contributed by atoms with Gasteiger partial charge in [0.15, 0.2) is 6.61 Å². The highest BCUT2D eigenvalue weighted by molar-refractivity contribution is 5.77. The van der Waals surface area contributed by atoms with Crippen LogP contribution < -0.4 is 10.1 Å². The van der Waals surface area contributed by atoms with Gasteiger partial charge in [-0.05, 0) is 35.6 Å². The van der Waals surface area contributed by atoms with Crippen LogP contribution in [0.3, 0.4) is 0 Å². The molecular weight excluding hydrogens is 274 g/mol. The molecule has 0 saturated carbocycles. The van der Waals surface area contributed by atoms with Crippen LogP contribution in [0.5, 0.6) is 5.75 Å². The number of hydrogen-bond acceptors (Lipinski definition) is 2. The van der Waals surface area contributed by atoms with Crippen molar-refractivity contribution in [2.75, 3.05) is 6.61 Å². The molecular formula is C19H23NO2.